The second-order valence-electron chi connectivity index (χ2n) is 4.63. The fraction of sp³-hybridized carbons (Fsp3) is 0.538. The Balaban J connectivity index is 1.96. The Morgan fingerprint density at radius 3 is 2.93 bits per heavy atom. The maximum atomic E-state index is 5.98. The first-order chi connectivity index (χ1) is 7.24. The van der Waals surface area contributed by atoms with Crippen molar-refractivity contribution in [3.8, 4) is 0 Å². The van der Waals surface area contributed by atoms with E-state index in [2.05, 4.69) is 12.1 Å². The molecule has 2 N–H and O–H groups in total. The summed E-state index contributed by atoms with van der Waals surface area (Å²) in [7, 11) is 0. The molecule has 0 aromatic heterocycles. The van der Waals surface area contributed by atoms with Gasteiger partial charge in [-0.25, -0.2) is 0 Å². The first kappa shape index (κ1) is 11.0. The van der Waals surface area contributed by atoms with E-state index in [0.29, 0.717) is 6.04 Å². The van der Waals surface area contributed by atoms with E-state index in [9.17, 15) is 0 Å². The molecule has 0 bridgehead atoms. The van der Waals surface area contributed by atoms with E-state index in [1.54, 1.807) is 0 Å². The van der Waals surface area contributed by atoms with E-state index >= 15 is 0 Å². The molecule has 1 saturated carbocycles. The summed E-state index contributed by atoms with van der Waals surface area (Å²) in [4.78, 5) is 0. The van der Waals surface area contributed by atoms with Crippen LogP contribution in [0.3, 0.4) is 0 Å². The lowest BCUT2D eigenvalue weighted by molar-refractivity contribution is 0.321. The van der Waals surface area contributed by atoms with Gasteiger partial charge in [-0.15, -0.1) is 0 Å². The Morgan fingerprint density at radius 1 is 1.33 bits per heavy atom. The highest BCUT2D eigenvalue weighted by atomic mass is 35.5. The van der Waals surface area contributed by atoms with Gasteiger partial charge in [0.15, 0.2) is 0 Å². The van der Waals surface area contributed by atoms with Gasteiger partial charge in [0.25, 0.3) is 0 Å². The molecule has 0 radical (unpaired) electrons. The Morgan fingerprint density at radius 2 is 2.20 bits per heavy atom. The number of hydrogen-bond acceptors (Lipinski definition) is 1. The standard InChI is InChI=1S/C13H18ClN/c14-12-5-1-3-10(8-12)7-11-4-2-6-13(15)9-11/h1,3,5,8,11,13H,2,4,6-7,9,15H2. The number of benzene rings is 1. The van der Waals surface area contributed by atoms with E-state index in [0.717, 1.165) is 17.4 Å². The van der Waals surface area contributed by atoms with Crippen molar-refractivity contribution in [3.05, 3.63) is 34.9 Å². The summed E-state index contributed by atoms with van der Waals surface area (Å²) >= 11 is 5.97. The third-order valence-corrected chi connectivity index (χ3v) is 3.47. The predicted octanol–water partition coefficient (Wildman–Crippen LogP) is 3.40. The zero-order valence-corrected chi connectivity index (χ0v) is 9.71. The number of halogens is 1. The minimum Gasteiger partial charge on any atom is -0.328 e. The molecule has 2 heteroatoms. The lowest BCUT2D eigenvalue weighted by Crippen LogP contribution is -2.28. The lowest BCUT2D eigenvalue weighted by atomic mass is 9.82. The highest BCUT2D eigenvalue weighted by Gasteiger charge is 2.19. The zero-order chi connectivity index (χ0) is 10.7. The van der Waals surface area contributed by atoms with Crippen molar-refractivity contribution < 1.29 is 0 Å². The van der Waals surface area contributed by atoms with Crippen LogP contribution in [0.15, 0.2) is 24.3 Å². The van der Waals surface area contributed by atoms with Crippen molar-refractivity contribution in [1.82, 2.24) is 0 Å². The maximum Gasteiger partial charge on any atom is 0.0408 e. The van der Waals surface area contributed by atoms with Crippen LogP contribution in [0.25, 0.3) is 0 Å². The van der Waals surface area contributed by atoms with Gasteiger partial charge in [0.1, 0.15) is 0 Å². The summed E-state index contributed by atoms with van der Waals surface area (Å²) in [5, 5.41) is 0.840. The fourth-order valence-corrected chi connectivity index (χ4v) is 2.73. The monoisotopic (exact) mass is 223 g/mol. The molecular weight excluding hydrogens is 206 g/mol. The van der Waals surface area contributed by atoms with E-state index < -0.39 is 0 Å². The lowest BCUT2D eigenvalue weighted by Gasteiger charge is -2.26. The smallest absolute Gasteiger partial charge is 0.0408 e. The molecule has 1 nitrogen and oxygen atoms in total. The van der Waals surface area contributed by atoms with Crippen LogP contribution < -0.4 is 5.73 Å². The van der Waals surface area contributed by atoms with Gasteiger partial charge in [-0.2, -0.15) is 0 Å². The van der Waals surface area contributed by atoms with Crippen molar-refractivity contribution in [2.45, 2.75) is 38.1 Å². The minimum atomic E-state index is 0.419. The molecule has 0 saturated heterocycles. The average Bonchev–Trinajstić information content (AvgIpc) is 2.17. The molecule has 0 heterocycles. The predicted molar refractivity (Wildman–Crippen MR) is 65.1 cm³/mol. The number of rotatable bonds is 2. The molecule has 0 aliphatic heterocycles. The van der Waals surface area contributed by atoms with Gasteiger partial charge in [-0.05, 0) is 42.9 Å². The molecule has 2 unspecified atom stereocenters. The largest absolute Gasteiger partial charge is 0.328 e. The molecule has 1 aliphatic carbocycles. The third kappa shape index (κ3) is 3.22. The Bertz CT molecular complexity index is 324. The van der Waals surface area contributed by atoms with Gasteiger partial charge in [0.05, 0.1) is 0 Å². The first-order valence-corrected chi connectivity index (χ1v) is 6.12. The maximum absolute atomic E-state index is 5.98. The normalized spacial score (nSPS) is 26.5. The van der Waals surface area contributed by atoms with Crippen LogP contribution in [0.4, 0.5) is 0 Å². The number of nitrogens with two attached hydrogens (primary N) is 1. The van der Waals surface area contributed by atoms with Gasteiger partial charge in [0, 0.05) is 11.1 Å². The fourth-order valence-electron chi connectivity index (χ4n) is 2.52. The highest BCUT2D eigenvalue weighted by molar-refractivity contribution is 6.30. The first-order valence-electron chi connectivity index (χ1n) is 5.74. The van der Waals surface area contributed by atoms with Crippen molar-refractivity contribution >= 4 is 11.6 Å². The highest BCUT2D eigenvalue weighted by Crippen LogP contribution is 2.27. The summed E-state index contributed by atoms with van der Waals surface area (Å²) in [6.45, 7) is 0. The third-order valence-electron chi connectivity index (χ3n) is 3.24. The minimum absolute atomic E-state index is 0.419. The Labute approximate surface area is 96.6 Å². The van der Waals surface area contributed by atoms with Crippen LogP contribution in [-0.2, 0) is 6.42 Å². The van der Waals surface area contributed by atoms with E-state index in [-0.39, 0.29) is 0 Å². The van der Waals surface area contributed by atoms with Crippen LogP contribution in [0, 0.1) is 5.92 Å². The van der Waals surface area contributed by atoms with E-state index in [4.69, 9.17) is 17.3 Å². The van der Waals surface area contributed by atoms with Crippen molar-refractivity contribution in [2.75, 3.05) is 0 Å². The van der Waals surface area contributed by atoms with E-state index in [1.807, 2.05) is 12.1 Å². The van der Waals surface area contributed by atoms with Crippen molar-refractivity contribution in [3.63, 3.8) is 0 Å². The number of hydrogen-bond donors (Lipinski definition) is 1. The van der Waals surface area contributed by atoms with Crippen LogP contribution in [0.1, 0.15) is 31.2 Å². The summed E-state index contributed by atoms with van der Waals surface area (Å²) < 4.78 is 0. The zero-order valence-electron chi connectivity index (χ0n) is 8.95. The van der Waals surface area contributed by atoms with Gasteiger partial charge in [0.2, 0.25) is 0 Å². The Hall–Kier alpha value is -0.530. The summed E-state index contributed by atoms with van der Waals surface area (Å²) in [5.41, 5.74) is 7.33. The summed E-state index contributed by atoms with van der Waals surface area (Å²) in [6.07, 6.45) is 6.11. The molecule has 0 amide bonds. The molecular formula is C13H18ClN. The summed E-state index contributed by atoms with van der Waals surface area (Å²) in [5.74, 6) is 0.757. The average molecular weight is 224 g/mol. The van der Waals surface area contributed by atoms with Gasteiger partial charge in [-0.3, -0.25) is 0 Å². The van der Waals surface area contributed by atoms with Crippen LogP contribution in [0.5, 0.6) is 0 Å². The molecule has 0 spiro atoms. The molecule has 1 aromatic rings. The second kappa shape index (κ2) is 5.00. The van der Waals surface area contributed by atoms with Gasteiger partial charge < -0.3 is 5.73 Å². The van der Waals surface area contributed by atoms with Crippen molar-refractivity contribution in [2.24, 2.45) is 11.7 Å². The molecule has 1 aromatic carbocycles. The van der Waals surface area contributed by atoms with E-state index in [1.165, 1.54) is 31.2 Å². The summed E-state index contributed by atoms with van der Waals surface area (Å²) in [6, 6.07) is 8.61. The molecule has 15 heavy (non-hydrogen) atoms. The van der Waals surface area contributed by atoms with Gasteiger partial charge in [-0.1, -0.05) is 36.6 Å². The molecule has 82 valence electrons. The molecule has 2 atom stereocenters. The molecule has 1 fully saturated rings. The Kier molecular flexibility index (Phi) is 3.66. The quantitative estimate of drug-likeness (QED) is 0.817. The van der Waals surface area contributed by atoms with Crippen molar-refractivity contribution in [1.29, 1.82) is 0 Å². The van der Waals surface area contributed by atoms with Crippen LogP contribution in [-0.4, -0.2) is 6.04 Å². The van der Waals surface area contributed by atoms with Gasteiger partial charge >= 0.3 is 0 Å². The second-order valence-corrected chi connectivity index (χ2v) is 5.06. The van der Waals surface area contributed by atoms with Crippen LogP contribution >= 0.6 is 11.6 Å². The SMILES string of the molecule is NC1CCCC(Cc2cccc(Cl)c2)C1. The topological polar surface area (TPSA) is 26.0 Å². The van der Waals surface area contributed by atoms with Crippen LogP contribution in [0.2, 0.25) is 5.02 Å². The molecule has 2 rings (SSSR count). The molecule has 1 aliphatic rings.